The van der Waals surface area contributed by atoms with E-state index in [1.807, 2.05) is 11.8 Å². The lowest BCUT2D eigenvalue weighted by Gasteiger charge is -2.22. The predicted molar refractivity (Wildman–Crippen MR) is 76.5 cm³/mol. The molecule has 1 aliphatic heterocycles. The number of carbonyl (C=O) groups is 1. The summed E-state index contributed by atoms with van der Waals surface area (Å²) < 4.78 is 14.3. The standard InChI is InChI=1S/C13H15BrFNOS/c14-10-1-2-13(15)9(5-10)6-12(17)7-11-8-18-4-3-16-11/h1-2,5,11,16H,3-4,6-8H2. The summed E-state index contributed by atoms with van der Waals surface area (Å²) >= 11 is 5.15. The van der Waals surface area contributed by atoms with Crippen molar-refractivity contribution in [3.8, 4) is 0 Å². The molecule has 18 heavy (non-hydrogen) atoms. The highest BCUT2D eigenvalue weighted by Gasteiger charge is 2.17. The summed E-state index contributed by atoms with van der Waals surface area (Å²) in [6.07, 6.45) is 0.660. The minimum absolute atomic E-state index is 0.0898. The molecule has 0 radical (unpaired) electrons. The van der Waals surface area contributed by atoms with E-state index in [1.54, 1.807) is 12.1 Å². The number of hydrogen-bond acceptors (Lipinski definition) is 3. The number of hydrogen-bond donors (Lipinski definition) is 1. The van der Waals surface area contributed by atoms with Gasteiger partial charge < -0.3 is 5.32 Å². The fourth-order valence-electron chi connectivity index (χ4n) is 1.99. The molecule has 1 heterocycles. The maximum atomic E-state index is 13.5. The zero-order valence-corrected chi connectivity index (χ0v) is 12.3. The number of rotatable bonds is 4. The Morgan fingerprint density at radius 1 is 1.56 bits per heavy atom. The summed E-state index contributed by atoms with van der Waals surface area (Å²) in [5, 5.41) is 3.32. The summed E-state index contributed by atoms with van der Waals surface area (Å²) in [7, 11) is 0. The molecule has 2 nitrogen and oxygen atoms in total. The predicted octanol–water partition coefficient (Wildman–Crippen LogP) is 2.79. The quantitative estimate of drug-likeness (QED) is 0.919. The molecule has 1 saturated heterocycles. The molecule has 2 rings (SSSR count). The highest BCUT2D eigenvalue weighted by atomic mass is 79.9. The van der Waals surface area contributed by atoms with Crippen LogP contribution in [-0.2, 0) is 11.2 Å². The molecule has 0 aromatic heterocycles. The zero-order valence-electron chi connectivity index (χ0n) is 9.92. The molecule has 0 bridgehead atoms. The van der Waals surface area contributed by atoms with Crippen molar-refractivity contribution in [2.75, 3.05) is 18.1 Å². The van der Waals surface area contributed by atoms with Gasteiger partial charge in [-0.1, -0.05) is 15.9 Å². The smallest absolute Gasteiger partial charge is 0.138 e. The van der Waals surface area contributed by atoms with Crippen LogP contribution in [0, 0.1) is 5.82 Å². The van der Waals surface area contributed by atoms with Crippen molar-refractivity contribution in [1.82, 2.24) is 5.32 Å². The van der Waals surface area contributed by atoms with Gasteiger partial charge in [0.1, 0.15) is 11.6 Å². The Hall–Kier alpha value is -0.390. The van der Waals surface area contributed by atoms with Gasteiger partial charge in [-0.25, -0.2) is 4.39 Å². The Labute approximate surface area is 119 Å². The van der Waals surface area contributed by atoms with Crippen molar-refractivity contribution < 1.29 is 9.18 Å². The van der Waals surface area contributed by atoms with E-state index >= 15 is 0 Å². The molecule has 1 aromatic carbocycles. The Morgan fingerprint density at radius 2 is 2.39 bits per heavy atom. The molecular weight excluding hydrogens is 317 g/mol. The maximum absolute atomic E-state index is 13.5. The van der Waals surface area contributed by atoms with E-state index in [0.29, 0.717) is 12.0 Å². The van der Waals surface area contributed by atoms with Crippen LogP contribution in [0.1, 0.15) is 12.0 Å². The van der Waals surface area contributed by atoms with E-state index in [0.717, 1.165) is 22.5 Å². The summed E-state index contributed by atoms with van der Waals surface area (Å²) in [5.41, 5.74) is 0.470. The van der Waals surface area contributed by atoms with Crippen LogP contribution in [0.15, 0.2) is 22.7 Å². The van der Waals surface area contributed by atoms with Crippen LogP contribution in [0.4, 0.5) is 4.39 Å². The molecule has 0 spiro atoms. The molecule has 98 valence electrons. The molecule has 0 saturated carbocycles. The first-order valence-electron chi connectivity index (χ1n) is 5.92. The molecule has 1 unspecified atom stereocenters. The second-order valence-electron chi connectivity index (χ2n) is 4.38. The summed E-state index contributed by atoms with van der Waals surface area (Å²) in [6.45, 7) is 0.952. The number of Topliss-reactive ketones (excluding diaryl/α,β-unsaturated/α-hetero) is 1. The van der Waals surface area contributed by atoms with Gasteiger partial charge in [-0.15, -0.1) is 0 Å². The lowest BCUT2D eigenvalue weighted by molar-refractivity contribution is -0.118. The first-order chi connectivity index (χ1) is 8.65. The molecule has 1 aliphatic rings. The zero-order chi connectivity index (χ0) is 13.0. The number of benzene rings is 1. The van der Waals surface area contributed by atoms with Gasteiger partial charge in [-0.05, 0) is 23.8 Å². The number of nitrogens with one attached hydrogen (secondary N) is 1. The van der Waals surface area contributed by atoms with Gasteiger partial charge in [0, 0.05) is 41.4 Å². The largest absolute Gasteiger partial charge is 0.312 e. The SMILES string of the molecule is O=C(Cc1cc(Br)ccc1F)CC1CSCCN1. The Morgan fingerprint density at radius 3 is 3.11 bits per heavy atom. The topological polar surface area (TPSA) is 29.1 Å². The number of carbonyl (C=O) groups excluding carboxylic acids is 1. The molecule has 0 amide bonds. The van der Waals surface area contributed by atoms with Gasteiger partial charge in [0.15, 0.2) is 0 Å². The van der Waals surface area contributed by atoms with Gasteiger partial charge in [0.25, 0.3) is 0 Å². The Bertz CT molecular complexity index is 435. The van der Waals surface area contributed by atoms with Gasteiger partial charge in [-0.2, -0.15) is 11.8 Å². The Balaban J connectivity index is 1.92. The molecule has 0 aliphatic carbocycles. The van der Waals surface area contributed by atoms with Gasteiger partial charge in [0.2, 0.25) is 0 Å². The fourth-order valence-corrected chi connectivity index (χ4v) is 3.35. The molecule has 1 fully saturated rings. The van der Waals surface area contributed by atoms with Crippen LogP contribution in [0.2, 0.25) is 0 Å². The lowest BCUT2D eigenvalue weighted by atomic mass is 10.0. The second-order valence-corrected chi connectivity index (χ2v) is 6.45. The van der Waals surface area contributed by atoms with Gasteiger partial charge in [0.05, 0.1) is 0 Å². The molecule has 1 N–H and O–H groups in total. The van der Waals surface area contributed by atoms with Crippen LogP contribution in [0.5, 0.6) is 0 Å². The van der Waals surface area contributed by atoms with Crippen molar-refractivity contribution in [2.24, 2.45) is 0 Å². The number of thioether (sulfide) groups is 1. The third-order valence-electron chi connectivity index (χ3n) is 2.87. The summed E-state index contributed by atoms with van der Waals surface area (Å²) in [6, 6.07) is 4.95. The van der Waals surface area contributed by atoms with Crippen molar-refractivity contribution in [3.05, 3.63) is 34.1 Å². The Kier molecular flexibility index (Phi) is 5.21. The lowest BCUT2D eigenvalue weighted by Crippen LogP contribution is -2.39. The first-order valence-corrected chi connectivity index (χ1v) is 7.86. The second kappa shape index (κ2) is 6.68. The average Bonchev–Trinajstić information content (AvgIpc) is 2.35. The van der Waals surface area contributed by atoms with Crippen molar-refractivity contribution in [1.29, 1.82) is 0 Å². The van der Waals surface area contributed by atoms with Crippen LogP contribution >= 0.6 is 27.7 Å². The van der Waals surface area contributed by atoms with Crippen LogP contribution in [0.3, 0.4) is 0 Å². The van der Waals surface area contributed by atoms with E-state index in [-0.39, 0.29) is 24.1 Å². The minimum Gasteiger partial charge on any atom is -0.312 e. The van der Waals surface area contributed by atoms with E-state index in [1.165, 1.54) is 6.07 Å². The highest BCUT2D eigenvalue weighted by Crippen LogP contribution is 2.17. The van der Waals surface area contributed by atoms with Crippen LogP contribution in [0.25, 0.3) is 0 Å². The highest BCUT2D eigenvalue weighted by molar-refractivity contribution is 9.10. The van der Waals surface area contributed by atoms with E-state index < -0.39 is 0 Å². The number of halogens is 2. The van der Waals surface area contributed by atoms with Gasteiger partial charge >= 0.3 is 0 Å². The average molecular weight is 332 g/mol. The van der Waals surface area contributed by atoms with Crippen LogP contribution in [-0.4, -0.2) is 29.9 Å². The van der Waals surface area contributed by atoms with Crippen LogP contribution < -0.4 is 5.32 Å². The first kappa shape index (κ1) is 14.0. The molecular formula is C13H15BrFNOS. The third-order valence-corrected chi connectivity index (χ3v) is 4.49. The monoisotopic (exact) mass is 331 g/mol. The molecule has 5 heteroatoms. The molecule has 1 atom stereocenters. The van der Waals surface area contributed by atoms with Crippen molar-refractivity contribution >= 4 is 33.5 Å². The van der Waals surface area contributed by atoms with Gasteiger partial charge in [-0.3, -0.25) is 4.79 Å². The number of ketones is 1. The van der Waals surface area contributed by atoms with E-state index in [2.05, 4.69) is 21.2 Å². The van der Waals surface area contributed by atoms with E-state index in [9.17, 15) is 9.18 Å². The maximum Gasteiger partial charge on any atom is 0.138 e. The van der Waals surface area contributed by atoms with Crippen molar-refractivity contribution in [3.63, 3.8) is 0 Å². The fraction of sp³-hybridized carbons (Fsp3) is 0.462. The minimum atomic E-state index is -0.308. The third kappa shape index (κ3) is 4.07. The normalized spacial score (nSPS) is 19.8. The van der Waals surface area contributed by atoms with Crippen molar-refractivity contribution in [2.45, 2.75) is 18.9 Å². The summed E-state index contributed by atoms with van der Waals surface area (Å²) in [4.78, 5) is 11.9. The van der Waals surface area contributed by atoms with E-state index in [4.69, 9.17) is 0 Å². The molecule has 1 aromatic rings. The summed E-state index contributed by atoms with van der Waals surface area (Å²) in [5.74, 6) is 1.85.